The number of oxazole rings is 1. The Kier molecular flexibility index (Phi) is 4.18. The minimum absolute atomic E-state index is 0.127. The van der Waals surface area contributed by atoms with E-state index in [1.165, 1.54) is 24.6 Å². The summed E-state index contributed by atoms with van der Waals surface area (Å²) >= 11 is 0. The fourth-order valence-corrected chi connectivity index (χ4v) is 2.74. The largest absolute Gasteiger partial charge is 0.440 e. The molecule has 0 saturated carbocycles. The van der Waals surface area contributed by atoms with Gasteiger partial charge < -0.3 is 9.15 Å². The van der Waals surface area contributed by atoms with E-state index in [0.29, 0.717) is 5.75 Å². The summed E-state index contributed by atoms with van der Waals surface area (Å²) in [5.74, 6) is -0.481. The van der Waals surface area contributed by atoms with E-state index in [9.17, 15) is 13.2 Å². The third-order valence-electron chi connectivity index (χ3n) is 3.27. The van der Waals surface area contributed by atoms with Crippen LogP contribution in [-0.4, -0.2) is 25.6 Å². The number of ether oxygens (including phenoxy) is 1. The number of rotatable bonds is 4. The highest BCUT2D eigenvalue weighted by Gasteiger charge is 2.14. The Hall–Kier alpha value is -2.93. The van der Waals surface area contributed by atoms with Crippen molar-refractivity contribution in [1.82, 2.24) is 4.98 Å². The minimum Gasteiger partial charge on any atom is -0.440 e. The fraction of sp³-hybridized carbons (Fsp3) is 0.0588. The number of esters is 1. The highest BCUT2D eigenvalue weighted by atomic mass is 32.2. The van der Waals surface area contributed by atoms with E-state index in [-0.39, 0.29) is 10.8 Å². The Morgan fingerprint density at radius 1 is 1.08 bits per heavy atom. The van der Waals surface area contributed by atoms with Gasteiger partial charge >= 0.3 is 11.9 Å². The van der Waals surface area contributed by atoms with Crippen molar-refractivity contribution >= 4 is 15.8 Å². The number of hydrogen-bond acceptors (Lipinski definition) is 6. The van der Waals surface area contributed by atoms with Crippen molar-refractivity contribution < 1.29 is 22.4 Å². The molecule has 2 aromatic carbocycles. The number of carbonyl (C=O) groups is 1. The lowest BCUT2D eigenvalue weighted by Gasteiger charge is -2.06. The molecule has 0 atom stereocenters. The normalized spacial score (nSPS) is 11.2. The topological polar surface area (TPSA) is 86.5 Å². The molecule has 0 radical (unpaired) electrons. The van der Waals surface area contributed by atoms with Gasteiger partial charge in [0.05, 0.1) is 11.1 Å². The van der Waals surface area contributed by atoms with Crippen LogP contribution in [0.2, 0.25) is 0 Å². The number of benzene rings is 2. The molecule has 1 aromatic heterocycles. The van der Waals surface area contributed by atoms with Crippen molar-refractivity contribution in [2.75, 3.05) is 6.26 Å². The van der Waals surface area contributed by atoms with Crippen molar-refractivity contribution in [1.29, 1.82) is 0 Å². The lowest BCUT2D eigenvalue weighted by Crippen LogP contribution is -2.08. The molecular formula is C17H13NO5S. The lowest BCUT2D eigenvalue weighted by atomic mass is 10.1. The number of nitrogens with zero attached hydrogens (tertiary/aromatic N) is 1. The van der Waals surface area contributed by atoms with Crippen LogP contribution in [0.1, 0.15) is 10.7 Å². The molecule has 24 heavy (non-hydrogen) atoms. The summed E-state index contributed by atoms with van der Waals surface area (Å²) in [7, 11) is -3.24. The second-order valence-corrected chi connectivity index (χ2v) is 7.07. The SMILES string of the molecule is CS(=O)(=O)c1ccc(-c2cccc(OC(=O)c3ncco3)c2)cc1. The summed E-state index contributed by atoms with van der Waals surface area (Å²) in [6.07, 6.45) is 3.80. The van der Waals surface area contributed by atoms with Gasteiger partial charge in [-0.15, -0.1) is 0 Å². The molecule has 6 nitrogen and oxygen atoms in total. The summed E-state index contributed by atoms with van der Waals surface area (Å²) in [6, 6.07) is 13.4. The van der Waals surface area contributed by atoms with Gasteiger partial charge in [0.2, 0.25) is 0 Å². The first-order valence-corrected chi connectivity index (χ1v) is 8.85. The summed E-state index contributed by atoms with van der Waals surface area (Å²) in [5, 5.41) is 0. The summed E-state index contributed by atoms with van der Waals surface area (Å²) in [4.78, 5) is 15.8. The predicted molar refractivity (Wildman–Crippen MR) is 86.4 cm³/mol. The van der Waals surface area contributed by atoms with Gasteiger partial charge in [0, 0.05) is 6.26 Å². The zero-order chi connectivity index (χ0) is 17.2. The van der Waals surface area contributed by atoms with Gasteiger partial charge in [-0.05, 0) is 35.4 Å². The molecule has 0 bridgehead atoms. The highest BCUT2D eigenvalue weighted by Crippen LogP contribution is 2.25. The van der Waals surface area contributed by atoms with Crippen LogP contribution in [0.5, 0.6) is 5.75 Å². The van der Waals surface area contributed by atoms with Crippen molar-refractivity contribution in [3.05, 3.63) is 66.9 Å². The summed E-state index contributed by atoms with van der Waals surface area (Å²) in [5.41, 5.74) is 1.59. The molecule has 0 aliphatic heterocycles. The van der Waals surface area contributed by atoms with Crippen molar-refractivity contribution in [3.63, 3.8) is 0 Å². The molecule has 0 saturated heterocycles. The van der Waals surface area contributed by atoms with E-state index >= 15 is 0 Å². The minimum atomic E-state index is -3.24. The maximum absolute atomic E-state index is 11.8. The monoisotopic (exact) mass is 343 g/mol. The Balaban J connectivity index is 1.84. The van der Waals surface area contributed by atoms with E-state index in [0.717, 1.165) is 17.4 Å². The van der Waals surface area contributed by atoms with Crippen LogP contribution >= 0.6 is 0 Å². The first kappa shape index (κ1) is 15.9. The standard InChI is InChI=1S/C17H13NO5S/c1-24(20,21)15-7-5-12(6-8-15)13-3-2-4-14(11-13)23-17(19)16-18-9-10-22-16/h2-11H,1H3. The van der Waals surface area contributed by atoms with E-state index in [1.807, 2.05) is 6.07 Å². The molecule has 0 spiro atoms. The zero-order valence-electron chi connectivity index (χ0n) is 12.7. The van der Waals surface area contributed by atoms with Crippen molar-refractivity contribution in [3.8, 4) is 16.9 Å². The van der Waals surface area contributed by atoms with Crippen LogP contribution < -0.4 is 4.74 Å². The Labute approximate surface area is 138 Å². The van der Waals surface area contributed by atoms with Crippen LogP contribution in [0.3, 0.4) is 0 Å². The van der Waals surface area contributed by atoms with E-state index in [2.05, 4.69) is 4.98 Å². The average Bonchev–Trinajstić information content (AvgIpc) is 3.09. The molecule has 122 valence electrons. The molecule has 1 heterocycles. The zero-order valence-corrected chi connectivity index (χ0v) is 13.5. The Morgan fingerprint density at radius 2 is 1.83 bits per heavy atom. The summed E-state index contributed by atoms with van der Waals surface area (Å²) in [6.45, 7) is 0. The highest BCUT2D eigenvalue weighted by molar-refractivity contribution is 7.90. The van der Waals surface area contributed by atoms with Crippen molar-refractivity contribution in [2.45, 2.75) is 4.90 Å². The molecular weight excluding hydrogens is 330 g/mol. The molecule has 7 heteroatoms. The molecule has 0 aliphatic carbocycles. The molecule has 3 rings (SSSR count). The van der Waals surface area contributed by atoms with E-state index < -0.39 is 15.8 Å². The van der Waals surface area contributed by atoms with Gasteiger partial charge in [-0.3, -0.25) is 0 Å². The Morgan fingerprint density at radius 3 is 2.46 bits per heavy atom. The van der Waals surface area contributed by atoms with E-state index in [4.69, 9.17) is 9.15 Å². The lowest BCUT2D eigenvalue weighted by molar-refractivity contribution is 0.0693. The van der Waals surface area contributed by atoms with Gasteiger partial charge in [0.1, 0.15) is 12.0 Å². The molecule has 0 amide bonds. The van der Waals surface area contributed by atoms with Gasteiger partial charge in [0.25, 0.3) is 0 Å². The fourth-order valence-electron chi connectivity index (χ4n) is 2.11. The van der Waals surface area contributed by atoms with Crippen LogP contribution in [-0.2, 0) is 9.84 Å². The summed E-state index contributed by atoms with van der Waals surface area (Å²) < 4.78 is 33.1. The smallest absolute Gasteiger partial charge is 0.400 e. The second kappa shape index (κ2) is 6.29. The van der Waals surface area contributed by atoms with Gasteiger partial charge in [0.15, 0.2) is 9.84 Å². The van der Waals surface area contributed by atoms with Gasteiger partial charge in [-0.2, -0.15) is 0 Å². The van der Waals surface area contributed by atoms with E-state index in [1.54, 1.807) is 30.3 Å². The number of carbonyl (C=O) groups excluding carboxylic acids is 1. The van der Waals surface area contributed by atoms with Crippen LogP contribution in [0.4, 0.5) is 0 Å². The number of aromatic nitrogens is 1. The van der Waals surface area contributed by atoms with Crippen LogP contribution in [0.15, 0.2) is 70.3 Å². The third kappa shape index (κ3) is 3.52. The molecule has 0 fully saturated rings. The van der Waals surface area contributed by atoms with Crippen molar-refractivity contribution in [2.24, 2.45) is 0 Å². The maximum atomic E-state index is 11.8. The quantitative estimate of drug-likeness (QED) is 0.535. The predicted octanol–water partition coefficient (Wildman–Crippen LogP) is 2.96. The molecule has 3 aromatic rings. The Bertz CT molecular complexity index is 960. The molecule has 0 N–H and O–H groups in total. The molecule has 0 aliphatic rings. The molecule has 0 unspecified atom stereocenters. The van der Waals surface area contributed by atoms with Gasteiger partial charge in [-0.1, -0.05) is 24.3 Å². The van der Waals surface area contributed by atoms with Crippen LogP contribution in [0, 0.1) is 0 Å². The maximum Gasteiger partial charge on any atom is 0.400 e. The number of hydrogen-bond donors (Lipinski definition) is 0. The first-order chi connectivity index (χ1) is 11.4. The second-order valence-electron chi connectivity index (χ2n) is 5.05. The first-order valence-electron chi connectivity index (χ1n) is 6.96. The van der Waals surface area contributed by atoms with Gasteiger partial charge in [-0.25, -0.2) is 18.2 Å². The average molecular weight is 343 g/mol. The van der Waals surface area contributed by atoms with Crippen LogP contribution in [0.25, 0.3) is 11.1 Å². The number of sulfone groups is 1. The third-order valence-corrected chi connectivity index (χ3v) is 4.40.